The first kappa shape index (κ1) is 14.7. The van der Waals surface area contributed by atoms with Gasteiger partial charge in [-0.05, 0) is 18.8 Å². The normalized spacial score (nSPS) is 17.4. The molecule has 5 nitrogen and oxygen atoms in total. The molecule has 1 heterocycles. The number of carbonyl (C=O) groups excluding carboxylic acids is 2. The van der Waals surface area contributed by atoms with E-state index in [1.54, 1.807) is 6.08 Å². The minimum atomic E-state index is -0.446. The van der Waals surface area contributed by atoms with Gasteiger partial charge in [0.2, 0.25) is 11.8 Å². The van der Waals surface area contributed by atoms with E-state index < -0.39 is 6.04 Å². The van der Waals surface area contributed by atoms with Gasteiger partial charge in [-0.1, -0.05) is 19.9 Å². The maximum Gasteiger partial charge on any atom is 0.245 e. The van der Waals surface area contributed by atoms with Crippen LogP contribution in [0.25, 0.3) is 0 Å². The highest BCUT2D eigenvalue weighted by Gasteiger charge is 2.29. The molecule has 0 saturated carbocycles. The van der Waals surface area contributed by atoms with Gasteiger partial charge in [0, 0.05) is 25.7 Å². The Hall–Kier alpha value is -1.36. The molecular formula is C13H23N3O2. The van der Waals surface area contributed by atoms with Crippen molar-refractivity contribution in [2.75, 3.05) is 19.6 Å². The smallest absolute Gasteiger partial charge is 0.245 e. The molecule has 0 bridgehead atoms. The number of rotatable bonds is 5. The van der Waals surface area contributed by atoms with Crippen molar-refractivity contribution in [2.24, 2.45) is 11.7 Å². The molecule has 1 aliphatic rings. The van der Waals surface area contributed by atoms with Crippen LogP contribution in [-0.4, -0.2) is 42.4 Å². The fourth-order valence-electron chi connectivity index (χ4n) is 2.02. The van der Waals surface area contributed by atoms with Gasteiger partial charge >= 0.3 is 0 Å². The highest BCUT2D eigenvalue weighted by molar-refractivity contribution is 5.93. The molecule has 0 spiro atoms. The Morgan fingerprint density at radius 3 is 2.44 bits per heavy atom. The van der Waals surface area contributed by atoms with Gasteiger partial charge in [0.1, 0.15) is 6.04 Å². The Balaban J connectivity index is 2.61. The molecule has 1 aliphatic heterocycles. The van der Waals surface area contributed by atoms with E-state index in [1.807, 2.05) is 18.7 Å². The van der Waals surface area contributed by atoms with Gasteiger partial charge in [-0.2, -0.15) is 0 Å². The number of carbonyl (C=O) groups is 2. The van der Waals surface area contributed by atoms with E-state index in [4.69, 9.17) is 5.73 Å². The molecule has 2 amide bonds. The van der Waals surface area contributed by atoms with Crippen molar-refractivity contribution >= 4 is 11.8 Å². The lowest BCUT2D eigenvalue weighted by atomic mass is 10.0. The maximum absolute atomic E-state index is 12.3. The lowest BCUT2D eigenvalue weighted by Crippen LogP contribution is -2.50. The maximum atomic E-state index is 12.3. The van der Waals surface area contributed by atoms with Gasteiger partial charge in [0.25, 0.3) is 0 Å². The second-order valence-corrected chi connectivity index (χ2v) is 4.90. The Bertz CT molecular complexity index is 320. The Kier molecular flexibility index (Phi) is 5.85. The topological polar surface area (TPSA) is 75.4 Å². The highest BCUT2D eigenvalue weighted by Crippen LogP contribution is 2.13. The molecule has 0 radical (unpaired) electrons. The van der Waals surface area contributed by atoms with E-state index in [1.165, 1.54) is 6.08 Å². The molecule has 0 unspecified atom stereocenters. The van der Waals surface area contributed by atoms with E-state index in [2.05, 4.69) is 5.32 Å². The molecule has 0 aromatic rings. The number of nitrogens with zero attached hydrogens (tertiary/aromatic N) is 1. The summed E-state index contributed by atoms with van der Waals surface area (Å²) in [4.78, 5) is 25.7. The first-order chi connectivity index (χ1) is 8.56. The predicted octanol–water partition coefficient (Wildman–Crippen LogP) is 0.265. The van der Waals surface area contributed by atoms with E-state index in [0.717, 1.165) is 25.9 Å². The standard InChI is InChI=1S/C13H23N3O2/c1-10(2)12(15-11(17)6-5-7-14)13(18)16-8-3-4-9-16/h5-6,10,12H,3-4,7-9,14H2,1-2H3,(H,15,17)/b6-5+/t12-/m0/s1. The van der Waals surface area contributed by atoms with Gasteiger partial charge in [-0.25, -0.2) is 0 Å². The van der Waals surface area contributed by atoms with Crippen LogP contribution in [0.5, 0.6) is 0 Å². The van der Waals surface area contributed by atoms with Crippen molar-refractivity contribution < 1.29 is 9.59 Å². The summed E-state index contributed by atoms with van der Waals surface area (Å²) in [5.74, 6) is -0.156. The molecule has 102 valence electrons. The van der Waals surface area contributed by atoms with Crippen LogP contribution in [0, 0.1) is 5.92 Å². The summed E-state index contributed by atoms with van der Waals surface area (Å²) < 4.78 is 0. The number of hydrogen-bond acceptors (Lipinski definition) is 3. The first-order valence-electron chi connectivity index (χ1n) is 6.52. The molecule has 1 fully saturated rings. The Labute approximate surface area is 108 Å². The molecule has 1 atom stereocenters. The van der Waals surface area contributed by atoms with E-state index in [0.29, 0.717) is 6.54 Å². The van der Waals surface area contributed by atoms with Gasteiger partial charge in [0.05, 0.1) is 0 Å². The second-order valence-electron chi connectivity index (χ2n) is 4.90. The minimum Gasteiger partial charge on any atom is -0.341 e. The van der Waals surface area contributed by atoms with Crippen LogP contribution in [-0.2, 0) is 9.59 Å². The van der Waals surface area contributed by atoms with Gasteiger partial charge in [-0.15, -0.1) is 0 Å². The van der Waals surface area contributed by atoms with Gasteiger partial charge in [-0.3, -0.25) is 9.59 Å². The van der Waals surface area contributed by atoms with Crippen molar-refractivity contribution in [1.82, 2.24) is 10.2 Å². The minimum absolute atomic E-state index is 0.0250. The fourth-order valence-corrected chi connectivity index (χ4v) is 2.02. The van der Waals surface area contributed by atoms with E-state index >= 15 is 0 Å². The van der Waals surface area contributed by atoms with Crippen molar-refractivity contribution in [3.63, 3.8) is 0 Å². The number of hydrogen-bond donors (Lipinski definition) is 2. The molecular weight excluding hydrogens is 230 g/mol. The average Bonchev–Trinajstić information content (AvgIpc) is 2.85. The zero-order valence-corrected chi connectivity index (χ0v) is 11.2. The van der Waals surface area contributed by atoms with Crippen LogP contribution in [0.1, 0.15) is 26.7 Å². The first-order valence-corrected chi connectivity index (χ1v) is 6.52. The van der Waals surface area contributed by atoms with Gasteiger partial charge in [0.15, 0.2) is 0 Å². The molecule has 0 aromatic carbocycles. The number of nitrogens with two attached hydrogens (primary N) is 1. The van der Waals surface area contributed by atoms with Crippen LogP contribution >= 0.6 is 0 Å². The summed E-state index contributed by atoms with van der Waals surface area (Å²) >= 11 is 0. The third-order valence-electron chi connectivity index (χ3n) is 3.05. The number of likely N-dealkylation sites (tertiary alicyclic amines) is 1. The third-order valence-corrected chi connectivity index (χ3v) is 3.05. The molecule has 0 aromatic heterocycles. The van der Waals surface area contributed by atoms with E-state index in [9.17, 15) is 9.59 Å². The van der Waals surface area contributed by atoms with Crippen molar-refractivity contribution in [3.05, 3.63) is 12.2 Å². The third kappa shape index (κ3) is 4.14. The molecule has 5 heteroatoms. The van der Waals surface area contributed by atoms with Crippen LogP contribution in [0.4, 0.5) is 0 Å². The highest BCUT2D eigenvalue weighted by atomic mass is 16.2. The summed E-state index contributed by atoms with van der Waals surface area (Å²) in [5.41, 5.74) is 5.28. The zero-order chi connectivity index (χ0) is 13.5. The summed E-state index contributed by atoms with van der Waals surface area (Å²) in [7, 11) is 0. The quantitative estimate of drug-likeness (QED) is 0.690. The summed E-state index contributed by atoms with van der Waals surface area (Å²) in [6.45, 7) is 5.80. The van der Waals surface area contributed by atoms with Crippen molar-refractivity contribution in [3.8, 4) is 0 Å². The fraction of sp³-hybridized carbons (Fsp3) is 0.692. The zero-order valence-electron chi connectivity index (χ0n) is 11.2. The predicted molar refractivity (Wildman–Crippen MR) is 70.8 cm³/mol. The van der Waals surface area contributed by atoms with E-state index in [-0.39, 0.29) is 17.7 Å². The molecule has 3 N–H and O–H groups in total. The SMILES string of the molecule is CC(C)[C@H](NC(=O)/C=C/CN)C(=O)N1CCCC1. The lowest BCUT2D eigenvalue weighted by molar-refractivity contribution is -0.135. The van der Waals surface area contributed by atoms with Crippen LogP contribution in [0.2, 0.25) is 0 Å². The average molecular weight is 253 g/mol. The molecule has 18 heavy (non-hydrogen) atoms. The Morgan fingerprint density at radius 2 is 1.94 bits per heavy atom. The van der Waals surface area contributed by atoms with Crippen LogP contribution < -0.4 is 11.1 Å². The van der Waals surface area contributed by atoms with Crippen LogP contribution in [0.3, 0.4) is 0 Å². The van der Waals surface area contributed by atoms with Gasteiger partial charge < -0.3 is 16.0 Å². The summed E-state index contributed by atoms with van der Waals surface area (Å²) in [6, 6.07) is -0.446. The molecule has 1 rings (SSSR count). The number of amides is 2. The molecule has 1 saturated heterocycles. The lowest BCUT2D eigenvalue weighted by Gasteiger charge is -2.26. The Morgan fingerprint density at radius 1 is 1.33 bits per heavy atom. The largest absolute Gasteiger partial charge is 0.341 e. The van der Waals surface area contributed by atoms with Crippen molar-refractivity contribution in [1.29, 1.82) is 0 Å². The summed E-state index contributed by atoms with van der Waals surface area (Å²) in [6.07, 6.45) is 5.06. The van der Waals surface area contributed by atoms with Crippen LogP contribution in [0.15, 0.2) is 12.2 Å². The summed E-state index contributed by atoms with van der Waals surface area (Å²) in [5, 5.41) is 2.76. The molecule has 0 aliphatic carbocycles. The number of nitrogens with one attached hydrogen (secondary N) is 1. The second kappa shape index (κ2) is 7.16. The monoisotopic (exact) mass is 253 g/mol. The van der Waals surface area contributed by atoms with Crippen molar-refractivity contribution in [2.45, 2.75) is 32.7 Å².